The number of nitrogens with one attached hydrogen (secondary N) is 1. The minimum absolute atomic E-state index is 0.0606. The van der Waals surface area contributed by atoms with Crippen molar-refractivity contribution in [2.45, 2.75) is 63.8 Å². The molecule has 2 fully saturated rings. The smallest absolute Gasteiger partial charge is 0.232 e. The lowest BCUT2D eigenvalue weighted by Crippen LogP contribution is -2.49. The van der Waals surface area contributed by atoms with Gasteiger partial charge in [0.2, 0.25) is 16.9 Å². The van der Waals surface area contributed by atoms with Gasteiger partial charge in [0.1, 0.15) is 12.2 Å². The average Bonchev–Trinajstić information content (AvgIpc) is 3.32. The van der Waals surface area contributed by atoms with Crippen LogP contribution in [0.5, 0.6) is 0 Å². The Bertz CT molecular complexity index is 629. The number of likely N-dealkylation sites (N-methyl/N-ethyl adjacent to an activating group) is 1. The maximum absolute atomic E-state index is 12.4. The molecule has 1 N–H and O–H groups in total. The average molecular weight is 380 g/mol. The fourth-order valence-corrected chi connectivity index (χ4v) is 4.66. The van der Waals surface area contributed by atoms with Gasteiger partial charge in [0.25, 0.3) is 0 Å². The summed E-state index contributed by atoms with van der Waals surface area (Å²) in [4.78, 5) is 32.8. The van der Waals surface area contributed by atoms with Gasteiger partial charge in [-0.1, -0.05) is 12.8 Å². The van der Waals surface area contributed by atoms with Crippen LogP contribution in [0.15, 0.2) is 0 Å². The molecule has 1 atom stereocenters. The van der Waals surface area contributed by atoms with Crippen molar-refractivity contribution in [1.82, 2.24) is 19.6 Å². The van der Waals surface area contributed by atoms with E-state index >= 15 is 0 Å². The van der Waals surface area contributed by atoms with Gasteiger partial charge in [-0.2, -0.15) is 4.37 Å². The standard InChI is InChI=1S/C18H29N5O2S/c1-3-19-15(24)11-16(25)23-10-6-9-14(12-23)22(2)18-20-17(21-26-18)13-7-4-5-8-13/h13-14H,3-12H2,1-2H3,(H,19,24). The van der Waals surface area contributed by atoms with E-state index in [1.165, 1.54) is 37.2 Å². The molecule has 1 aliphatic heterocycles. The van der Waals surface area contributed by atoms with E-state index in [0.717, 1.165) is 30.3 Å². The summed E-state index contributed by atoms with van der Waals surface area (Å²) >= 11 is 1.46. The van der Waals surface area contributed by atoms with Gasteiger partial charge in [0, 0.05) is 50.2 Å². The number of nitrogens with zero attached hydrogens (tertiary/aromatic N) is 4. The molecule has 1 aliphatic carbocycles. The SMILES string of the molecule is CCNC(=O)CC(=O)N1CCCC(N(C)c2nc(C3CCCC3)ns2)C1. The molecular weight excluding hydrogens is 350 g/mol. The van der Waals surface area contributed by atoms with Crippen LogP contribution in [0.4, 0.5) is 5.13 Å². The molecule has 2 heterocycles. The first-order chi connectivity index (χ1) is 12.6. The van der Waals surface area contributed by atoms with E-state index in [1.54, 1.807) is 0 Å². The predicted molar refractivity (Wildman–Crippen MR) is 102 cm³/mol. The monoisotopic (exact) mass is 379 g/mol. The number of likely N-dealkylation sites (tertiary alicyclic amines) is 1. The molecule has 8 heteroatoms. The zero-order valence-corrected chi connectivity index (χ0v) is 16.6. The number of hydrogen-bond donors (Lipinski definition) is 1. The molecule has 1 unspecified atom stereocenters. The highest BCUT2D eigenvalue weighted by molar-refractivity contribution is 7.09. The highest BCUT2D eigenvalue weighted by Gasteiger charge is 2.29. The molecule has 3 rings (SSSR count). The summed E-state index contributed by atoms with van der Waals surface area (Å²) < 4.78 is 4.58. The van der Waals surface area contributed by atoms with E-state index in [1.807, 2.05) is 18.9 Å². The molecular formula is C18H29N5O2S. The second-order valence-electron chi connectivity index (χ2n) is 7.29. The Labute approximate surface area is 159 Å². The largest absolute Gasteiger partial charge is 0.356 e. The minimum atomic E-state index is -0.196. The third-order valence-corrected chi connectivity index (χ3v) is 6.26. The van der Waals surface area contributed by atoms with E-state index in [-0.39, 0.29) is 24.3 Å². The number of carbonyl (C=O) groups is 2. The third-order valence-electron chi connectivity index (χ3n) is 5.44. The summed E-state index contributed by atoms with van der Waals surface area (Å²) in [6.45, 7) is 3.78. The Morgan fingerprint density at radius 3 is 2.77 bits per heavy atom. The van der Waals surface area contributed by atoms with Crippen molar-refractivity contribution in [2.75, 3.05) is 31.6 Å². The third kappa shape index (κ3) is 4.52. The number of anilines is 1. The van der Waals surface area contributed by atoms with Gasteiger partial charge in [0.15, 0.2) is 0 Å². The van der Waals surface area contributed by atoms with Crippen LogP contribution in [0.2, 0.25) is 0 Å². The van der Waals surface area contributed by atoms with E-state index in [9.17, 15) is 9.59 Å². The molecule has 26 heavy (non-hydrogen) atoms. The molecule has 0 spiro atoms. The number of aromatic nitrogens is 2. The number of piperidine rings is 1. The van der Waals surface area contributed by atoms with Gasteiger partial charge in [-0.15, -0.1) is 0 Å². The number of hydrogen-bond acceptors (Lipinski definition) is 6. The summed E-state index contributed by atoms with van der Waals surface area (Å²) in [6.07, 6.45) is 6.87. The maximum atomic E-state index is 12.4. The van der Waals surface area contributed by atoms with Crippen molar-refractivity contribution in [2.24, 2.45) is 0 Å². The fourth-order valence-electron chi connectivity index (χ4n) is 3.88. The van der Waals surface area contributed by atoms with Crippen LogP contribution in [0, 0.1) is 0 Å². The lowest BCUT2D eigenvalue weighted by molar-refractivity contribution is -0.136. The molecule has 2 aliphatic rings. The summed E-state index contributed by atoms with van der Waals surface area (Å²) in [5.74, 6) is 1.24. The maximum Gasteiger partial charge on any atom is 0.232 e. The lowest BCUT2D eigenvalue weighted by atomic mass is 10.0. The van der Waals surface area contributed by atoms with Crippen LogP contribution in [-0.2, 0) is 9.59 Å². The van der Waals surface area contributed by atoms with Gasteiger partial charge in [0.05, 0.1) is 0 Å². The topological polar surface area (TPSA) is 78.4 Å². The molecule has 1 aromatic rings. The lowest BCUT2D eigenvalue weighted by Gasteiger charge is -2.37. The molecule has 2 amide bonds. The van der Waals surface area contributed by atoms with Crippen LogP contribution >= 0.6 is 11.5 Å². The molecule has 0 radical (unpaired) electrons. The van der Waals surface area contributed by atoms with E-state index in [2.05, 4.69) is 14.6 Å². The summed E-state index contributed by atoms with van der Waals surface area (Å²) in [7, 11) is 2.04. The van der Waals surface area contributed by atoms with E-state index in [4.69, 9.17) is 4.98 Å². The van der Waals surface area contributed by atoms with Crippen LogP contribution in [0.1, 0.15) is 63.6 Å². The number of amides is 2. The minimum Gasteiger partial charge on any atom is -0.356 e. The molecule has 1 saturated carbocycles. The van der Waals surface area contributed by atoms with Gasteiger partial charge >= 0.3 is 0 Å². The second kappa shape index (κ2) is 8.79. The summed E-state index contributed by atoms with van der Waals surface area (Å²) in [5.41, 5.74) is 0. The zero-order chi connectivity index (χ0) is 18.5. The van der Waals surface area contributed by atoms with E-state index < -0.39 is 0 Å². The first-order valence-electron chi connectivity index (χ1n) is 9.69. The van der Waals surface area contributed by atoms with Crippen molar-refractivity contribution >= 4 is 28.5 Å². The van der Waals surface area contributed by atoms with Crippen molar-refractivity contribution in [3.63, 3.8) is 0 Å². The zero-order valence-electron chi connectivity index (χ0n) is 15.7. The molecule has 1 aromatic heterocycles. The Hall–Kier alpha value is -1.70. The van der Waals surface area contributed by atoms with Crippen molar-refractivity contribution in [3.8, 4) is 0 Å². The molecule has 7 nitrogen and oxygen atoms in total. The number of rotatable bonds is 6. The Morgan fingerprint density at radius 2 is 2.04 bits per heavy atom. The highest BCUT2D eigenvalue weighted by atomic mass is 32.1. The Kier molecular flexibility index (Phi) is 6.45. The predicted octanol–water partition coefficient (Wildman–Crippen LogP) is 2.15. The van der Waals surface area contributed by atoms with Crippen molar-refractivity contribution in [1.29, 1.82) is 0 Å². The highest BCUT2D eigenvalue weighted by Crippen LogP contribution is 2.34. The van der Waals surface area contributed by atoms with Gasteiger partial charge in [-0.05, 0) is 32.6 Å². The number of carbonyl (C=O) groups excluding carboxylic acids is 2. The van der Waals surface area contributed by atoms with Crippen molar-refractivity contribution < 1.29 is 9.59 Å². The second-order valence-corrected chi connectivity index (χ2v) is 8.02. The molecule has 0 aromatic carbocycles. The molecule has 1 saturated heterocycles. The first kappa shape index (κ1) is 19.1. The first-order valence-corrected chi connectivity index (χ1v) is 10.5. The summed E-state index contributed by atoms with van der Waals surface area (Å²) in [6, 6.07) is 0.228. The van der Waals surface area contributed by atoms with Crippen LogP contribution in [0.3, 0.4) is 0 Å². The molecule has 144 valence electrons. The van der Waals surface area contributed by atoms with Gasteiger partial charge in [-0.25, -0.2) is 4.98 Å². The van der Waals surface area contributed by atoms with E-state index in [0.29, 0.717) is 19.0 Å². The van der Waals surface area contributed by atoms with Crippen LogP contribution in [0.25, 0.3) is 0 Å². The summed E-state index contributed by atoms with van der Waals surface area (Å²) in [5, 5.41) is 3.63. The fraction of sp³-hybridized carbons (Fsp3) is 0.778. The quantitative estimate of drug-likeness (QED) is 0.766. The van der Waals surface area contributed by atoms with Crippen molar-refractivity contribution in [3.05, 3.63) is 5.82 Å². The Balaban J connectivity index is 1.58. The normalized spacial score (nSPS) is 21.0. The van der Waals surface area contributed by atoms with Gasteiger partial charge in [-0.3, -0.25) is 9.59 Å². The van der Waals surface area contributed by atoms with Crippen LogP contribution < -0.4 is 10.2 Å². The molecule has 0 bridgehead atoms. The van der Waals surface area contributed by atoms with Crippen LogP contribution in [-0.4, -0.2) is 58.8 Å². The van der Waals surface area contributed by atoms with Gasteiger partial charge < -0.3 is 15.1 Å². The Morgan fingerprint density at radius 1 is 1.27 bits per heavy atom.